The van der Waals surface area contributed by atoms with E-state index in [-0.39, 0.29) is 6.04 Å². The highest BCUT2D eigenvalue weighted by Crippen LogP contribution is 2.35. The van der Waals surface area contributed by atoms with Gasteiger partial charge in [-0.2, -0.15) is 0 Å². The van der Waals surface area contributed by atoms with Crippen LogP contribution in [0.2, 0.25) is 0 Å². The second-order valence-electron chi connectivity index (χ2n) is 11.1. The molecule has 0 aromatic heterocycles. The molecule has 2 atom stereocenters. The Labute approximate surface area is 235 Å². The number of carbonyl (C=O) groups is 4. The van der Waals surface area contributed by atoms with E-state index in [1.807, 2.05) is 32.0 Å². The van der Waals surface area contributed by atoms with E-state index in [1.165, 1.54) is 4.90 Å². The molecule has 9 heteroatoms. The van der Waals surface area contributed by atoms with Crippen LogP contribution in [0.3, 0.4) is 0 Å². The third-order valence-electron chi connectivity index (χ3n) is 6.77. The minimum Gasteiger partial charge on any atom is -0.444 e. The molecule has 1 aliphatic carbocycles. The van der Waals surface area contributed by atoms with Crippen molar-refractivity contribution in [3.8, 4) is 12.3 Å². The summed E-state index contributed by atoms with van der Waals surface area (Å²) in [6.45, 7) is 8.84. The molecular formula is C31H38N4O5. The van der Waals surface area contributed by atoms with E-state index in [0.29, 0.717) is 29.7 Å². The SMILES string of the molecule is C#Cc1ccc(C(C(=O)Nc2c(C)cccc2C)N(C(=O)C(CC(N)=O)NC(=O)OC(C)(C)C)C2CCC2)cc1. The molecule has 0 aliphatic heterocycles. The Bertz CT molecular complexity index is 1280. The fourth-order valence-electron chi connectivity index (χ4n) is 4.62. The molecule has 212 valence electrons. The lowest BCUT2D eigenvalue weighted by Gasteiger charge is -2.43. The van der Waals surface area contributed by atoms with Crippen LogP contribution < -0.4 is 16.4 Å². The third-order valence-corrected chi connectivity index (χ3v) is 6.77. The summed E-state index contributed by atoms with van der Waals surface area (Å²) in [4.78, 5) is 54.3. The summed E-state index contributed by atoms with van der Waals surface area (Å²) in [6, 6.07) is 9.84. The van der Waals surface area contributed by atoms with Gasteiger partial charge in [0.2, 0.25) is 11.8 Å². The van der Waals surface area contributed by atoms with Gasteiger partial charge in [-0.05, 0) is 82.7 Å². The van der Waals surface area contributed by atoms with Crippen molar-refractivity contribution in [3.05, 3.63) is 64.7 Å². The molecule has 3 rings (SSSR count). The van der Waals surface area contributed by atoms with Crippen molar-refractivity contribution < 1.29 is 23.9 Å². The zero-order valence-corrected chi connectivity index (χ0v) is 23.7. The molecule has 9 nitrogen and oxygen atoms in total. The molecule has 0 heterocycles. The molecule has 2 unspecified atom stereocenters. The smallest absolute Gasteiger partial charge is 0.408 e. The molecule has 0 spiro atoms. The Hall–Kier alpha value is -4.32. The van der Waals surface area contributed by atoms with Gasteiger partial charge >= 0.3 is 6.09 Å². The van der Waals surface area contributed by atoms with Crippen LogP contribution in [0.4, 0.5) is 10.5 Å². The average Bonchev–Trinajstić information content (AvgIpc) is 2.83. The largest absolute Gasteiger partial charge is 0.444 e. The topological polar surface area (TPSA) is 131 Å². The number of terminal acetylenes is 1. The Balaban J connectivity index is 2.07. The number of alkyl carbamates (subject to hydrolysis) is 1. The van der Waals surface area contributed by atoms with Crippen LogP contribution in [0.15, 0.2) is 42.5 Å². The molecule has 0 radical (unpaired) electrons. The van der Waals surface area contributed by atoms with Crippen LogP contribution >= 0.6 is 0 Å². The first-order chi connectivity index (χ1) is 18.8. The maximum atomic E-state index is 14.2. The van der Waals surface area contributed by atoms with E-state index in [1.54, 1.807) is 45.0 Å². The van der Waals surface area contributed by atoms with Crippen molar-refractivity contribution >= 4 is 29.5 Å². The Morgan fingerprint density at radius 1 is 1.07 bits per heavy atom. The summed E-state index contributed by atoms with van der Waals surface area (Å²) in [5.41, 5.74) is 8.20. The van der Waals surface area contributed by atoms with Crippen LogP contribution in [0.1, 0.15) is 74.8 Å². The quantitative estimate of drug-likeness (QED) is 0.408. The molecule has 1 fully saturated rings. The van der Waals surface area contributed by atoms with Gasteiger partial charge in [0.05, 0.1) is 6.42 Å². The lowest BCUT2D eigenvalue weighted by atomic mass is 9.87. The number of hydrogen-bond acceptors (Lipinski definition) is 5. The molecule has 4 N–H and O–H groups in total. The van der Waals surface area contributed by atoms with Gasteiger partial charge in [0.15, 0.2) is 0 Å². The van der Waals surface area contributed by atoms with Crippen molar-refractivity contribution in [2.24, 2.45) is 5.73 Å². The van der Waals surface area contributed by atoms with Crippen molar-refractivity contribution in [1.29, 1.82) is 0 Å². The number of nitrogens with two attached hydrogens (primary N) is 1. The molecule has 1 aliphatic rings. The summed E-state index contributed by atoms with van der Waals surface area (Å²) in [6.07, 6.45) is 6.42. The molecule has 4 amide bonds. The number of primary amides is 1. The van der Waals surface area contributed by atoms with Crippen LogP contribution in [0.5, 0.6) is 0 Å². The summed E-state index contributed by atoms with van der Waals surface area (Å²) >= 11 is 0. The van der Waals surface area contributed by atoms with Crippen LogP contribution in [-0.4, -0.2) is 46.4 Å². The Morgan fingerprint density at radius 3 is 2.15 bits per heavy atom. The summed E-state index contributed by atoms with van der Waals surface area (Å²) in [5.74, 6) is 0.751. The zero-order valence-electron chi connectivity index (χ0n) is 23.7. The Kier molecular flexibility index (Phi) is 9.59. The molecule has 40 heavy (non-hydrogen) atoms. The monoisotopic (exact) mass is 546 g/mol. The molecule has 0 saturated heterocycles. The van der Waals surface area contributed by atoms with Gasteiger partial charge in [-0.15, -0.1) is 6.42 Å². The highest BCUT2D eigenvalue weighted by molar-refractivity contribution is 6.00. The van der Waals surface area contributed by atoms with E-state index in [9.17, 15) is 19.2 Å². The number of hydrogen-bond donors (Lipinski definition) is 3. The van der Waals surface area contributed by atoms with Crippen molar-refractivity contribution in [2.45, 2.75) is 84.0 Å². The van der Waals surface area contributed by atoms with Gasteiger partial charge in [-0.25, -0.2) is 4.79 Å². The lowest BCUT2D eigenvalue weighted by Crippen LogP contribution is -2.57. The van der Waals surface area contributed by atoms with E-state index in [2.05, 4.69) is 16.6 Å². The van der Waals surface area contributed by atoms with E-state index >= 15 is 0 Å². The van der Waals surface area contributed by atoms with Gasteiger partial charge in [0, 0.05) is 17.3 Å². The molecule has 2 aromatic carbocycles. The van der Waals surface area contributed by atoms with Gasteiger partial charge < -0.3 is 26.0 Å². The van der Waals surface area contributed by atoms with E-state index in [4.69, 9.17) is 16.9 Å². The number of aryl methyl sites for hydroxylation is 2. The average molecular weight is 547 g/mol. The standard InChI is InChI=1S/C31H38N4O5/c1-7-21-14-16-22(17-15-21)27(28(37)34-26-19(2)10-8-11-20(26)3)35(23-12-9-13-23)29(38)24(18-25(32)36)33-30(39)40-31(4,5)6/h1,8,10-11,14-17,23-24,27H,9,12-13,18H2,2-6H3,(H2,32,36)(H,33,39)(H,34,37). The van der Waals surface area contributed by atoms with Crippen molar-refractivity contribution in [3.63, 3.8) is 0 Å². The fourth-order valence-corrected chi connectivity index (χ4v) is 4.62. The van der Waals surface area contributed by atoms with Crippen molar-refractivity contribution in [2.75, 3.05) is 5.32 Å². The van der Waals surface area contributed by atoms with E-state index < -0.39 is 47.9 Å². The molecule has 0 bridgehead atoms. The second kappa shape index (κ2) is 12.7. The van der Waals surface area contributed by atoms with Gasteiger partial charge in [-0.1, -0.05) is 36.3 Å². The number of benzene rings is 2. The molecule has 2 aromatic rings. The third kappa shape index (κ3) is 7.63. The Morgan fingerprint density at radius 2 is 1.68 bits per heavy atom. The van der Waals surface area contributed by atoms with Gasteiger partial charge in [-0.3, -0.25) is 14.4 Å². The number of para-hydroxylation sites is 1. The zero-order chi connectivity index (χ0) is 29.6. The predicted molar refractivity (Wildman–Crippen MR) is 153 cm³/mol. The minimum atomic E-state index is -1.33. The number of nitrogens with zero attached hydrogens (tertiary/aromatic N) is 1. The number of carbonyl (C=O) groups excluding carboxylic acids is 4. The van der Waals surface area contributed by atoms with Crippen LogP contribution in [0, 0.1) is 26.2 Å². The van der Waals surface area contributed by atoms with Gasteiger partial charge in [0.1, 0.15) is 17.7 Å². The summed E-state index contributed by atoms with van der Waals surface area (Å²) in [5, 5.41) is 5.53. The number of ether oxygens (including phenoxy) is 1. The highest BCUT2D eigenvalue weighted by Gasteiger charge is 2.42. The number of anilines is 1. The summed E-state index contributed by atoms with van der Waals surface area (Å²) < 4.78 is 5.33. The normalized spacial score (nSPS) is 14.6. The number of rotatable bonds is 9. The number of nitrogens with one attached hydrogen (secondary N) is 2. The van der Waals surface area contributed by atoms with E-state index in [0.717, 1.165) is 17.5 Å². The summed E-state index contributed by atoms with van der Waals surface area (Å²) in [7, 11) is 0. The van der Waals surface area contributed by atoms with Crippen LogP contribution in [0.25, 0.3) is 0 Å². The minimum absolute atomic E-state index is 0.288. The highest BCUT2D eigenvalue weighted by atomic mass is 16.6. The van der Waals surface area contributed by atoms with Crippen LogP contribution in [-0.2, 0) is 19.1 Å². The first-order valence-corrected chi connectivity index (χ1v) is 13.3. The molecular weight excluding hydrogens is 508 g/mol. The maximum Gasteiger partial charge on any atom is 0.408 e. The van der Waals surface area contributed by atoms with Gasteiger partial charge in [0.25, 0.3) is 5.91 Å². The number of amides is 4. The first kappa shape index (κ1) is 30.2. The van der Waals surface area contributed by atoms with Crippen molar-refractivity contribution in [1.82, 2.24) is 10.2 Å². The first-order valence-electron chi connectivity index (χ1n) is 13.3. The lowest BCUT2D eigenvalue weighted by molar-refractivity contribution is -0.146. The predicted octanol–water partition coefficient (Wildman–Crippen LogP) is 4.11. The fraction of sp³-hybridized carbons (Fsp3) is 0.419. The maximum absolute atomic E-state index is 14.2. The second-order valence-corrected chi connectivity index (χ2v) is 11.1. The molecule has 1 saturated carbocycles.